The molecular formula is C28H32FN3O2S. The van der Waals surface area contributed by atoms with E-state index in [0.717, 1.165) is 58.7 Å². The number of aromatic nitrogens is 1. The maximum atomic E-state index is 13.1. The molecule has 3 aromatic rings. The summed E-state index contributed by atoms with van der Waals surface area (Å²) in [7, 11) is 0. The molecule has 2 N–H and O–H groups in total. The third kappa shape index (κ3) is 6.69. The second kappa shape index (κ2) is 11.3. The second-order valence-corrected chi connectivity index (χ2v) is 10.6. The van der Waals surface area contributed by atoms with Crippen molar-refractivity contribution in [3.63, 3.8) is 0 Å². The lowest BCUT2D eigenvalue weighted by Crippen LogP contribution is -2.41. The van der Waals surface area contributed by atoms with E-state index in [4.69, 9.17) is 0 Å². The number of hydrogen-bond acceptors (Lipinski definition) is 4. The van der Waals surface area contributed by atoms with Gasteiger partial charge in [0, 0.05) is 17.3 Å². The van der Waals surface area contributed by atoms with E-state index in [-0.39, 0.29) is 29.7 Å². The van der Waals surface area contributed by atoms with Gasteiger partial charge in [0.25, 0.3) is 0 Å². The summed E-state index contributed by atoms with van der Waals surface area (Å²) in [6, 6.07) is 18.0. The van der Waals surface area contributed by atoms with Crippen LogP contribution in [0.25, 0.3) is 11.1 Å². The van der Waals surface area contributed by atoms with Gasteiger partial charge in [-0.3, -0.25) is 9.78 Å². The first kappa shape index (κ1) is 25.4. The number of nitrogens with one attached hydrogen (secondary N) is 2. The molecule has 1 saturated carbocycles. The third-order valence-electron chi connectivity index (χ3n) is 6.58. The highest BCUT2D eigenvalue weighted by molar-refractivity contribution is 7.89. The maximum Gasteiger partial charge on any atom is 0.223 e. The fourth-order valence-electron chi connectivity index (χ4n) is 4.63. The van der Waals surface area contributed by atoms with Crippen LogP contribution in [0, 0.1) is 25.6 Å². The molecule has 7 heteroatoms. The van der Waals surface area contributed by atoms with Gasteiger partial charge >= 0.3 is 0 Å². The summed E-state index contributed by atoms with van der Waals surface area (Å²) in [5.74, 6) is -0.320. The number of carbonyl (C=O) groups is 1. The fourth-order valence-corrected chi connectivity index (χ4v) is 5.69. The van der Waals surface area contributed by atoms with E-state index in [0.29, 0.717) is 0 Å². The van der Waals surface area contributed by atoms with Crippen molar-refractivity contribution in [2.75, 3.05) is 0 Å². The monoisotopic (exact) mass is 493 g/mol. The van der Waals surface area contributed by atoms with Gasteiger partial charge in [-0.05, 0) is 112 Å². The summed E-state index contributed by atoms with van der Waals surface area (Å²) >= 11 is -1.31. The molecule has 184 valence electrons. The van der Waals surface area contributed by atoms with Crippen molar-refractivity contribution in [1.29, 1.82) is 0 Å². The number of halogens is 1. The Balaban J connectivity index is 1.26. The summed E-state index contributed by atoms with van der Waals surface area (Å²) in [5, 5.41) is 3.05. The van der Waals surface area contributed by atoms with Crippen LogP contribution in [0.4, 0.5) is 4.39 Å². The van der Waals surface area contributed by atoms with Crippen molar-refractivity contribution < 1.29 is 13.7 Å². The van der Waals surface area contributed by atoms with Crippen LogP contribution in [0.2, 0.25) is 0 Å². The average molecular weight is 494 g/mol. The minimum atomic E-state index is -1.31. The molecule has 1 aliphatic carbocycles. The molecule has 0 radical (unpaired) electrons. The Morgan fingerprint density at radius 3 is 2.17 bits per heavy atom. The van der Waals surface area contributed by atoms with Crippen LogP contribution in [-0.4, -0.2) is 21.5 Å². The van der Waals surface area contributed by atoms with E-state index < -0.39 is 11.4 Å². The first-order valence-corrected chi connectivity index (χ1v) is 13.2. The highest BCUT2D eigenvalue weighted by atomic mass is 32.2. The molecule has 1 aliphatic rings. The summed E-state index contributed by atoms with van der Waals surface area (Å²) in [5.41, 5.74) is 5.00. The maximum absolute atomic E-state index is 13.1. The number of rotatable bonds is 7. The van der Waals surface area contributed by atoms with E-state index >= 15 is 0 Å². The lowest BCUT2D eigenvalue weighted by atomic mass is 9.85. The van der Waals surface area contributed by atoms with Crippen LogP contribution in [0.3, 0.4) is 0 Å². The third-order valence-corrected chi connectivity index (χ3v) is 7.83. The van der Waals surface area contributed by atoms with Crippen LogP contribution < -0.4 is 10.0 Å². The van der Waals surface area contributed by atoms with Crippen LogP contribution in [0.5, 0.6) is 0 Å². The number of amides is 1. The highest BCUT2D eigenvalue weighted by Crippen LogP contribution is 2.28. The van der Waals surface area contributed by atoms with Gasteiger partial charge in [-0.15, -0.1) is 4.72 Å². The summed E-state index contributed by atoms with van der Waals surface area (Å²) in [6.45, 7) is 5.87. The number of nitrogens with zero attached hydrogens (tertiary/aromatic N) is 1. The van der Waals surface area contributed by atoms with Crippen LogP contribution in [0.15, 0.2) is 65.6 Å². The minimum absolute atomic E-state index is 0.0265. The highest BCUT2D eigenvalue weighted by Gasteiger charge is 2.29. The molecular weight excluding hydrogens is 461 g/mol. The molecule has 35 heavy (non-hydrogen) atoms. The molecule has 0 bridgehead atoms. The van der Waals surface area contributed by atoms with Crippen molar-refractivity contribution in [1.82, 2.24) is 15.0 Å². The topological polar surface area (TPSA) is 77.1 Å². The van der Waals surface area contributed by atoms with Crippen LogP contribution in [0.1, 0.15) is 55.6 Å². The Morgan fingerprint density at radius 1 is 0.971 bits per heavy atom. The lowest BCUT2D eigenvalue weighted by Gasteiger charge is -2.29. The van der Waals surface area contributed by atoms with Crippen LogP contribution in [-0.2, 0) is 16.2 Å². The molecule has 2 atom stereocenters. The first-order chi connectivity index (χ1) is 16.8. The predicted octanol–water partition coefficient (Wildman–Crippen LogP) is 5.55. The van der Waals surface area contributed by atoms with Crippen LogP contribution >= 0.6 is 0 Å². The summed E-state index contributed by atoms with van der Waals surface area (Å²) < 4.78 is 29.3. The minimum Gasteiger partial charge on any atom is -0.593 e. The van der Waals surface area contributed by atoms with E-state index in [1.807, 2.05) is 57.2 Å². The predicted molar refractivity (Wildman–Crippen MR) is 137 cm³/mol. The fraction of sp³-hybridized carbons (Fsp3) is 0.357. The molecule has 0 saturated heterocycles. The van der Waals surface area contributed by atoms with Gasteiger partial charge in [0.15, 0.2) is 4.90 Å². The number of pyridine rings is 1. The van der Waals surface area contributed by atoms with Gasteiger partial charge in [0.2, 0.25) is 5.91 Å². The quantitative estimate of drug-likeness (QED) is 0.423. The molecule has 0 spiro atoms. The van der Waals surface area contributed by atoms with Crippen molar-refractivity contribution in [2.45, 2.75) is 63.4 Å². The van der Waals surface area contributed by atoms with E-state index in [1.54, 1.807) is 12.1 Å². The lowest BCUT2D eigenvalue weighted by molar-refractivity contribution is -0.126. The molecule has 1 aromatic heterocycles. The largest absolute Gasteiger partial charge is 0.593 e. The number of aryl methyl sites for hydroxylation is 2. The molecule has 1 fully saturated rings. The Kier molecular flexibility index (Phi) is 8.21. The summed E-state index contributed by atoms with van der Waals surface area (Å²) in [4.78, 5) is 17.9. The average Bonchev–Trinajstić information content (AvgIpc) is 2.84. The number of hydrogen-bond donors (Lipinski definition) is 2. The van der Waals surface area contributed by atoms with Crippen molar-refractivity contribution >= 4 is 17.3 Å². The number of benzene rings is 2. The van der Waals surface area contributed by atoms with E-state index in [9.17, 15) is 13.7 Å². The summed E-state index contributed by atoms with van der Waals surface area (Å²) in [6.07, 6.45) is 3.08. The Hall–Kier alpha value is -2.74. The van der Waals surface area contributed by atoms with Crippen molar-refractivity contribution in [2.24, 2.45) is 5.92 Å². The smallest absolute Gasteiger partial charge is 0.223 e. The van der Waals surface area contributed by atoms with Gasteiger partial charge in [-0.25, -0.2) is 4.39 Å². The van der Waals surface area contributed by atoms with Gasteiger partial charge in [0.05, 0.1) is 23.4 Å². The number of carbonyl (C=O) groups excluding carboxylic acids is 1. The molecule has 1 unspecified atom stereocenters. The Labute approximate surface area is 209 Å². The normalized spacial score (nSPS) is 19.7. The molecule has 1 amide bonds. The molecule has 5 nitrogen and oxygen atoms in total. The SMILES string of the molecule is Cc1cc(-c2ccc([S+]([O-])N[C@H]3CC[C@H](C(=O)N[C@H](C)c4ccc(F)cc4)CC3)cc2)cc(C)n1. The van der Waals surface area contributed by atoms with Gasteiger partial charge in [0.1, 0.15) is 5.82 Å². The van der Waals surface area contributed by atoms with E-state index in [2.05, 4.69) is 15.0 Å². The zero-order valence-corrected chi connectivity index (χ0v) is 21.2. The molecule has 0 aliphatic heterocycles. The van der Waals surface area contributed by atoms with E-state index in [1.165, 1.54) is 12.1 Å². The first-order valence-electron chi connectivity index (χ1n) is 12.1. The van der Waals surface area contributed by atoms with Crippen molar-refractivity contribution in [3.8, 4) is 11.1 Å². The zero-order valence-electron chi connectivity index (χ0n) is 20.4. The molecule has 2 aromatic carbocycles. The van der Waals surface area contributed by atoms with Gasteiger partial charge in [-0.1, -0.05) is 12.1 Å². The van der Waals surface area contributed by atoms with Crippen molar-refractivity contribution in [3.05, 3.63) is 83.4 Å². The van der Waals surface area contributed by atoms with Gasteiger partial charge in [-0.2, -0.15) is 0 Å². The standard InChI is InChI=1S/C28H32FN3O2S/c1-18-16-24(17-19(2)30-18)22-8-14-27(15-9-22)35(34)32-26-12-6-23(7-13-26)28(33)31-20(3)21-4-10-25(29)11-5-21/h4-5,8-11,14-17,20,23,26,32H,6-7,12-13H2,1-3H3,(H,31,33)/t20-,23-,26-,35?/m1/s1. The van der Waals surface area contributed by atoms with Gasteiger partial charge < -0.3 is 9.87 Å². The molecule has 4 rings (SSSR count). The zero-order chi connectivity index (χ0) is 24.9. The Bertz CT molecular complexity index is 1130. The Morgan fingerprint density at radius 2 is 1.57 bits per heavy atom. The molecule has 1 heterocycles. The second-order valence-electron chi connectivity index (χ2n) is 9.38.